The summed E-state index contributed by atoms with van der Waals surface area (Å²) in [6, 6.07) is 15.6. The van der Waals surface area contributed by atoms with Gasteiger partial charge in [-0.15, -0.1) is 0 Å². The average Bonchev–Trinajstić information content (AvgIpc) is 3.56. The first kappa shape index (κ1) is 22.4. The SMILES string of the molecule is CC1CCN(C(=O)[C@H]2C[C@H]2CNC(=O)OCC2c3ccccc3-c3ccccc32)C(C(=O)O)C1. The molecule has 0 radical (unpaired) electrons. The molecule has 1 saturated carbocycles. The Morgan fingerprint density at radius 1 is 1.03 bits per heavy atom. The minimum absolute atomic E-state index is 0.00264. The Hall–Kier alpha value is -3.35. The van der Waals surface area contributed by atoms with E-state index < -0.39 is 18.1 Å². The van der Waals surface area contributed by atoms with Crippen LogP contribution in [0.4, 0.5) is 4.79 Å². The number of benzene rings is 2. The second kappa shape index (κ2) is 9.12. The summed E-state index contributed by atoms with van der Waals surface area (Å²) >= 11 is 0. The Kier molecular flexibility index (Phi) is 6.02. The van der Waals surface area contributed by atoms with E-state index in [2.05, 4.69) is 29.6 Å². The lowest BCUT2D eigenvalue weighted by molar-refractivity contribution is -0.153. The van der Waals surface area contributed by atoms with Gasteiger partial charge in [-0.25, -0.2) is 9.59 Å². The van der Waals surface area contributed by atoms with Crippen molar-refractivity contribution in [3.63, 3.8) is 0 Å². The molecule has 7 nitrogen and oxygen atoms in total. The molecule has 2 aromatic carbocycles. The van der Waals surface area contributed by atoms with E-state index in [-0.39, 0.29) is 30.3 Å². The van der Waals surface area contributed by atoms with Gasteiger partial charge in [0.25, 0.3) is 0 Å². The predicted molar refractivity (Wildman–Crippen MR) is 126 cm³/mol. The number of piperidine rings is 1. The Bertz CT molecular complexity index is 1070. The quantitative estimate of drug-likeness (QED) is 0.679. The van der Waals surface area contributed by atoms with E-state index in [1.54, 1.807) is 0 Å². The van der Waals surface area contributed by atoms with E-state index in [9.17, 15) is 19.5 Å². The number of carboxylic acids is 1. The van der Waals surface area contributed by atoms with Gasteiger partial charge in [-0.2, -0.15) is 0 Å². The zero-order valence-corrected chi connectivity index (χ0v) is 19.3. The number of fused-ring (bicyclic) bond motifs is 3. The van der Waals surface area contributed by atoms with Crippen LogP contribution < -0.4 is 5.32 Å². The first-order valence-electron chi connectivity index (χ1n) is 12.1. The van der Waals surface area contributed by atoms with Crippen LogP contribution in [0.3, 0.4) is 0 Å². The van der Waals surface area contributed by atoms with Crippen molar-refractivity contribution in [2.45, 2.75) is 38.1 Å². The number of nitrogens with one attached hydrogen (secondary N) is 1. The van der Waals surface area contributed by atoms with Crippen LogP contribution in [0.1, 0.15) is 43.2 Å². The van der Waals surface area contributed by atoms with Gasteiger partial charge in [0.1, 0.15) is 12.6 Å². The third-order valence-corrected chi connectivity index (χ3v) is 7.52. The van der Waals surface area contributed by atoms with Crippen molar-refractivity contribution < 1.29 is 24.2 Å². The van der Waals surface area contributed by atoms with Crippen LogP contribution in [-0.2, 0) is 14.3 Å². The zero-order chi connectivity index (χ0) is 23.8. The molecule has 1 aliphatic heterocycles. The van der Waals surface area contributed by atoms with Gasteiger partial charge in [-0.05, 0) is 53.4 Å². The van der Waals surface area contributed by atoms with Crippen LogP contribution >= 0.6 is 0 Å². The number of carbonyl (C=O) groups is 3. The van der Waals surface area contributed by atoms with E-state index in [1.807, 2.05) is 31.2 Å². The topological polar surface area (TPSA) is 95.9 Å². The normalized spacial score (nSPS) is 25.3. The number of rotatable bonds is 6. The molecule has 3 aliphatic rings. The molecule has 5 rings (SSSR count). The fraction of sp³-hybridized carbons (Fsp3) is 0.444. The molecule has 34 heavy (non-hydrogen) atoms. The number of aliphatic carboxylic acids is 1. The first-order chi connectivity index (χ1) is 16.4. The van der Waals surface area contributed by atoms with Gasteiger partial charge < -0.3 is 20.1 Å². The average molecular weight is 463 g/mol. The van der Waals surface area contributed by atoms with Crippen LogP contribution in [0.5, 0.6) is 0 Å². The van der Waals surface area contributed by atoms with Gasteiger partial charge in [0, 0.05) is 24.9 Å². The molecule has 7 heteroatoms. The van der Waals surface area contributed by atoms with Crippen molar-refractivity contribution in [3.8, 4) is 11.1 Å². The van der Waals surface area contributed by atoms with Gasteiger partial charge in [-0.3, -0.25) is 4.79 Å². The summed E-state index contributed by atoms with van der Waals surface area (Å²) in [5.74, 6) is -0.920. The number of hydrogen-bond donors (Lipinski definition) is 2. The fourth-order valence-corrected chi connectivity index (χ4v) is 5.49. The van der Waals surface area contributed by atoms with E-state index in [0.29, 0.717) is 31.8 Å². The molecule has 0 bridgehead atoms. The standard InChI is InChI=1S/C27H30N2O5/c1-16-10-11-29(24(12-16)26(31)32)25(30)22-13-17(22)14-28-27(33)34-15-23-20-8-4-2-6-18(20)19-7-3-5-9-21(19)23/h2-9,16-17,22-24H,10-15H2,1H3,(H,28,33)(H,31,32)/t16?,17-,22-,24?/m0/s1. The molecule has 2 aliphatic carbocycles. The van der Waals surface area contributed by atoms with E-state index in [4.69, 9.17) is 4.74 Å². The van der Waals surface area contributed by atoms with E-state index in [0.717, 1.165) is 17.5 Å². The van der Waals surface area contributed by atoms with Gasteiger partial charge >= 0.3 is 12.1 Å². The van der Waals surface area contributed by atoms with Crippen molar-refractivity contribution in [2.75, 3.05) is 19.7 Å². The van der Waals surface area contributed by atoms with Crippen molar-refractivity contribution in [3.05, 3.63) is 59.7 Å². The molecular formula is C27H30N2O5. The monoisotopic (exact) mass is 462 g/mol. The maximum atomic E-state index is 12.9. The highest BCUT2D eigenvalue weighted by atomic mass is 16.5. The number of carbonyl (C=O) groups excluding carboxylic acids is 2. The number of alkyl carbamates (subject to hydrolysis) is 1. The number of hydrogen-bond acceptors (Lipinski definition) is 4. The third-order valence-electron chi connectivity index (χ3n) is 7.52. The Morgan fingerprint density at radius 3 is 2.32 bits per heavy atom. The minimum Gasteiger partial charge on any atom is -0.480 e. The molecule has 2 unspecified atom stereocenters. The molecule has 0 spiro atoms. The van der Waals surface area contributed by atoms with Crippen LogP contribution in [-0.4, -0.2) is 53.7 Å². The second-order valence-corrected chi connectivity index (χ2v) is 9.82. The zero-order valence-electron chi connectivity index (χ0n) is 19.3. The molecule has 4 atom stereocenters. The molecule has 2 aromatic rings. The number of ether oxygens (including phenoxy) is 1. The summed E-state index contributed by atoms with van der Waals surface area (Å²) in [5, 5.41) is 12.3. The number of nitrogens with zero attached hydrogens (tertiary/aromatic N) is 1. The molecule has 2 amide bonds. The van der Waals surface area contributed by atoms with E-state index in [1.165, 1.54) is 16.0 Å². The summed E-state index contributed by atoms with van der Waals surface area (Å²) in [6.07, 6.45) is 1.50. The van der Waals surface area contributed by atoms with Crippen molar-refractivity contribution in [2.24, 2.45) is 17.8 Å². The number of amides is 2. The first-order valence-corrected chi connectivity index (χ1v) is 12.1. The molecule has 178 valence electrons. The maximum absolute atomic E-state index is 12.9. The summed E-state index contributed by atoms with van der Waals surface area (Å²) in [4.78, 5) is 38.4. The summed E-state index contributed by atoms with van der Waals surface area (Å²) in [6.45, 7) is 3.12. The van der Waals surface area contributed by atoms with Crippen LogP contribution in [0.2, 0.25) is 0 Å². The summed E-state index contributed by atoms with van der Waals surface area (Å²) in [7, 11) is 0. The third kappa shape index (κ3) is 4.27. The van der Waals surface area contributed by atoms with Crippen LogP contribution in [0.15, 0.2) is 48.5 Å². The Balaban J connectivity index is 1.12. The maximum Gasteiger partial charge on any atom is 0.407 e. The fourth-order valence-electron chi connectivity index (χ4n) is 5.49. The lowest BCUT2D eigenvalue weighted by Crippen LogP contribution is -2.50. The molecule has 2 fully saturated rings. The molecule has 2 N–H and O–H groups in total. The highest BCUT2D eigenvalue weighted by Gasteiger charge is 2.48. The highest BCUT2D eigenvalue weighted by Crippen LogP contribution is 2.44. The summed E-state index contributed by atoms with van der Waals surface area (Å²) in [5.41, 5.74) is 4.68. The summed E-state index contributed by atoms with van der Waals surface area (Å²) < 4.78 is 5.57. The van der Waals surface area contributed by atoms with Crippen LogP contribution in [0.25, 0.3) is 11.1 Å². The molecule has 0 aromatic heterocycles. The van der Waals surface area contributed by atoms with Gasteiger partial charge in [0.15, 0.2) is 0 Å². The number of carboxylic acid groups (broad SMARTS) is 1. The van der Waals surface area contributed by atoms with Gasteiger partial charge in [-0.1, -0.05) is 55.5 Å². The molecular weight excluding hydrogens is 432 g/mol. The lowest BCUT2D eigenvalue weighted by Gasteiger charge is -2.36. The Labute approximate surface area is 199 Å². The predicted octanol–water partition coefficient (Wildman–Crippen LogP) is 3.87. The van der Waals surface area contributed by atoms with Crippen LogP contribution in [0, 0.1) is 17.8 Å². The van der Waals surface area contributed by atoms with Crippen molar-refractivity contribution in [1.29, 1.82) is 0 Å². The lowest BCUT2D eigenvalue weighted by atomic mass is 9.92. The molecule has 1 heterocycles. The number of likely N-dealkylation sites (tertiary alicyclic amines) is 1. The minimum atomic E-state index is -0.936. The van der Waals surface area contributed by atoms with Crippen molar-refractivity contribution in [1.82, 2.24) is 10.2 Å². The van der Waals surface area contributed by atoms with Gasteiger partial charge in [0.05, 0.1) is 0 Å². The Morgan fingerprint density at radius 2 is 1.68 bits per heavy atom. The highest BCUT2D eigenvalue weighted by molar-refractivity contribution is 5.87. The smallest absolute Gasteiger partial charge is 0.407 e. The van der Waals surface area contributed by atoms with Crippen molar-refractivity contribution >= 4 is 18.0 Å². The van der Waals surface area contributed by atoms with E-state index >= 15 is 0 Å². The largest absolute Gasteiger partial charge is 0.480 e. The molecule has 1 saturated heterocycles. The van der Waals surface area contributed by atoms with Gasteiger partial charge in [0.2, 0.25) is 5.91 Å². The second-order valence-electron chi connectivity index (χ2n) is 9.82.